The van der Waals surface area contributed by atoms with Gasteiger partial charge < -0.3 is 4.90 Å². The molecule has 0 spiro atoms. The fraction of sp³-hybridized carbons (Fsp3) is 0.500. The van der Waals surface area contributed by atoms with Crippen molar-refractivity contribution >= 4 is 23.7 Å². The number of benzene rings is 1. The minimum absolute atomic E-state index is 0.106. The molecular formula is C22H25N3O2. The Bertz CT molecular complexity index is 804. The monoisotopic (exact) mass is 363 g/mol. The van der Waals surface area contributed by atoms with Crippen LogP contribution in [0.4, 0.5) is 5.69 Å². The van der Waals surface area contributed by atoms with E-state index in [1.807, 2.05) is 12.1 Å². The first-order chi connectivity index (χ1) is 13.1. The van der Waals surface area contributed by atoms with Gasteiger partial charge in [0.2, 0.25) is 0 Å². The van der Waals surface area contributed by atoms with Crippen molar-refractivity contribution in [2.75, 3.05) is 18.0 Å². The smallest absolute Gasteiger partial charge is 0.254 e. The lowest BCUT2D eigenvalue weighted by molar-refractivity contribution is -0.140. The topological polar surface area (TPSA) is 53.0 Å². The third kappa shape index (κ3) is 2.40. The Kier molecular flexibility index (Phi) is 3.74. The Morgan fingerprint density at radius 3 is 2.07 bits per heavy atom. The van der Waals surface area contributed by atoms with Crippen LogP contribution < -0.4 is 4.90 Å². The van der Waals surface area contributed by atoms with E-state index < -0.39 is 0 Å². The van der Waals surface area contributed by atoms with Gasteiger partial charge >= 0.3 is 0 Å². The molecule has 2 amide bonds. The first kappa shape index (κ1) is 16.7. The Labute approximate surface area is 159 Å². The van der Waals surface area contributed by atoms with E-state index in [1.165, 1.54) is 12.1 Å². The van der Waals surface area contributed by atoms with E-state index in [9.17, 15) is 9.59 Å². The van der Waals surface area contributed by atoms with Crippen molar-refractivity contribution in [1.82, 2.24) is 5.01 Å². The maximum Gasteiger partial charge on any atom is 0.254 e. The molecule has 1 aromatic carbocycles. The summed E-state index contributed by atoms with van der Waals surface area (Å²) < 4.78 is 0. The lowest BCUT2D eigenvalue weighted by Gasteiger charge is -2.37. The second-order valence-corrected chi connectivity index (χ2v) is 8.15. The molecule has 140 valence electrons. The zero-order valence-corrected chi connectivity index (χ0v) is 15.8. The minimum atomic E-state index is -0.182. The molecule has 0 N–H and O–H groups in total. The normalized spacial score (nSPS) is 35.7. The molecule has 3 fully saturated rings. The van der Waals surface area contributed by atoms with Crippen molar-refractivity contribution in [3.05, 3.63) is 42.0 Å². The molecule has 2 saturated carbocycles. The van der Waals surface area contributed by atoms with Crippen molar-refractivity contribution in [3.8, 4) is 0 Å². The van der Waals surface area contributed by atoms with E-state index in [4.69, 9.17) is 0 Å². The molecular weight excluding hydrogens is 338 g/mol. The van der Waals surface area contributed by atoms with Crippen LogP contribution in [-0.2, 0) is 9.59 Å². The number of carbonyl (C=O) groups is 2. The number of amides is 2. The standard InChI is InChI=1S/C22H25N3O2/c1-3-24(4-2)14-7-5-13(6-8-14)12-23-25-21(26)19-15-9-10-16(18-11-17(15)18)20(19)22(25)27/h5-10,12,15-20H,3-4,11H2,1-2H3/t15-,16-,17-,18+,19-,20+/m0/s1. The summed E-state index contributed by atoms with van der Waals surface area (Å²) in [5.41, 5.74) is 2.06. The van der Waals surface area contributed by atoms with Crippen LogP contribution in [0.5, 0.6) is 0 Å². The number of hydrogen-bond acceptors (Lipinski definition) is 4. The van der Waals surface area contributed by atoms with Gasteiger partial charge in [0.1, 0.15) is 0 Å². The number of imide groups is 1. The van der Waals surface area contributed by atoms with E-state index in [1.54, 1.807) is 6.21 Å². The fourth-order valence-electron chi connectivity index (χ4n) is 5.54. The van der Waals surface area contributed by atoms with Crippen LogP contribution in [-0.4, -0.2) is 36.1 Å². The highest BCUT2D eigenvalue weighted by Crippen LogP contribution is 2.65. The third-order valence-corrected chi connectivity index (χ3v) is 6.98. The lowest BCUT2D eigenvalue weighted by atomic mass is 9.63. The fourth-order valence-corrected chi connectivity index (χ4v) is 5.54. The summed E-state index contributed by atoms with van der Waals surface area (Å²) in [6.07, 6.45) is 7.18. The van der Waals surface area contributed by atoms with Crippen LogP contribution in [0.3, 0.4) is 0 Å². The van der Waals surface area contributed by atoms with E-state index in [0.717, 1.165) is 23.7 Å². The molecule has 0 aromatic heterocycles. The summed E-state index contributed by atoms with van der Waals surface area (Å²) in [4.78, 5) is 28.1. The summed E-state index contributed by atoms with van der Waals surface area (Å²) in [6.45, 7) is 6.19. The van der Waals surface area contributed by atoms with Gasteiger partial charge in [0.25, 0.3) is 11.8 Å². The van der Waals surface area contributed by atoms with Crippen molar-refractivity contribution in [1.29, 1.82) is 0 Å². The van der Waals surface area contributed by atoms with Gasteiger partial charge in [-0.25, -0.2) is 0 Å². The number of nitrogens with zero attached hydrogens (tertiary/aromatic N) is 3. The molecule has 1 aliphatic heterocycles. The number of hydrogen-bond donors (Lipinski definition) is 0. The van der Waals surface area contributed by atoms with Crippen LogP contribution in [0, 0.1) is 35.5 Å². The van der Waals surface area contributed by atoms with Crippen molar-refractivity contribution in [2.45, 2.75) is 20.3 Å². The summed E-state index contributed by atoms with van der Waals surface area (Å²) >= 11 is 0. The van der Waals surface area contributed by atoms with Crippen molar-refractivity contribution in [3.63, 3.8) is 0 Å². The molecule has 1 heterocycles. The summed E-state index contributed by atoms with van der Waals surface area (Å²) in [5, 5.41) is 5.44. The zero-order chi connectivity index (χ0) is 18.7. The average Bonchev–Trinajstić information content (AvgIpc) is 3.47. The summed E-state index contributed by atoms with van der Waals surface area (Å²) in [7, 11) is 0. The van der Waals surface area contributed by atoms with E-state index in [0.29, 0.717) is 11.8 Å². The molecule has 27 heavy (non-hydrogen) atoms. The number of rotatable bonds is 5. The van der Waals surface area contributed by atoms with Crippen LogP contribution in [0.1, 0.15) is 25.8 Å². The van der Waals surface area contributed by atoms with Gasteiger partial charge in [-0.1, -0.05) is 24.3 Å². The van der Waals surface area contributed by atoms with Crippen LogP contribution in [0.25, 0.3) is 0 Å². The van der Waals surface area contributed by atoms with Crippen molar-refractivity contribution in [2.24, 2.45) is 40.6 Å². The third-order valence-electron chi connectivity index (χ3n) is 6.98. The Balaban J connectivity index is 1.34. The van der Waals surface area contributed by atoms with E-state index in [-0.39, 0.29) is 35.5 Å². The molecule has 5 heteroatoms. The maximum atomic E-state index is 12.9. The second kappa shape index (κ2) is 6.04. The van der Waals surface area contributed by atoms with Gasteiger partial charge in [-0.15, -0.1) is 0 Å². The molecule has 6 rings (SSSR count). The van der Waals surface area contributed by atoms with Gasteiger partial charge in [-0.2, -0.15) is 10.1 Å². The summed E-state index contributed by atoms with van der Waals surface area (Å²) in [5.74, 6) is 1.16. The Morgan fingerprint density at radius 2 is 1.56 bits per heavy atom. The first-order valence-corrected chi connectivity index (χ1v) is 10.1. The maximum absolute atomic E-state index is 12.9. The molecule has 2 bridgehead atoms. The van der Waals surface area contributed by atoms with Gasteiger partial charge in [0, 0.05) is 18.8 Å². The number of anilines is 1. The lowest BCUT2D eigenvalue weighted by Crippen LogP contribution is -2.40. The number of hydrazone groups is 1. The Morgan fingerprint density at radius 1 is 1.00 bits per heavy atom. The van der Waals surface area contributed by atoms with Crippen LogP contribution in [0.2, 0.25) is 0 Å². The zero-order valence-electron chi connectivity index (χ0n) is 15.8. The van der Waals surface area contributed by atoms with E-state index in [2.05, 4.69) is 48.1 Å². The predicted molar refractivity (Wildman–Crippen MR) is 104 cm³/mol. The molecule has 1 saturated heterocycles. The molecule has 0 unspecified atom stereocenters. The van der Waals surface area contributed by atoms with Gasteiger partial charge in [-0.05, 0) is 61.6 Å². The molecule has 6 atom stereocenters. The summed E-state index contributed by atoms with van der Waals surface area (Å²) in [6, 6.07) is 8.07. The average molecular weight is 363 g/mol. The van der Waals surface area contributed by atoms with Crippen molar-refractivity contribution < 1.29 is 9.59 Å². The molecule has 4 aliphatic carbocycles. The van der Waals surface area contributed by atoms with Gasteiger partial charge in [-0.3, -0.25) is 9.59 Å². The highest BCUT2D eigenvalue weighted by atomic mass is 16.2. The van der Waals surface area contributed by atoms with Crippen LogP contribution in [0.15, 0.2) is 41.5 Å². The van der Waals surface area contributed by atoms with Crippen LogP contribution >= 0.6 is 0 Å². The Hall–Kier alpha value is -2.43. The highest BCUT2D eigenvalue weighted by Gasteiger charge is 2.67. The van der Waals surface area contributed by atoms with Gasteiger partial charge in [0.15, 0.2) is 0 Å². The van der Waals surface area contributed by atoms with E-state index >= 15 is 0 Å². The second-order valence-electron chi connectivity index (χ2n) is 8.15. The first-order valence-electron chi connectivity index (χ1n) is 10.1. The quantitative estimate of drug-likeness (QED) is 0.459. The predicted octanol–water partition coefficient (Wildman–Crippen LogP) is 2.92. The molecule has 1 aromatic rings. The largest absolute Gasteiger partial charge is 0.372 e. The molecule has 5 aliphatic rings. The van der Waals surface area contributed by atoms with Gasteiger partial charge in [0.05, 0.1) is 18.1 Å². The molecule has 0 radical (unpaired) electrons. The minimum Gasteiger partial charge on any atom is -0.372 e. The number of carbonyl (C=O) groups excluding carboxylic acids is 2. The molecule has 5 nitrogen and oxygen atoms in total. The SMILES string of the molecule is CCN(CC)c1ccc(C=NN2C(=O)[C@@H]3[C@H]4C=C[C@@H]([C@@H]5C[C@H]45)[C@@H]3C2=O)cc1. The number of allylic oxidation sites excluding steroid dienone is 2. The highest BCUT2D eigenvalue weighted by molar-refractivity contribution is 6.06.